The summed E-state index contributed by atoms with van der Waals surface area (Å²) in [7, 11) is -1.04. The van der Waals surface area contributed by atoms with Gasteiger partial charge in [0, 0.05) is 8.07 Å². The highest BCUT2D eigenvalue weighted by molar-refractivity contribution is 7.47. The molecule has 12 heavy (non-hydrogen) atoms. The van der Waals surface area contributed by atoms with Crippen molar-refractivity contribution in [2.75, 3.05) is 0 Å². The fourth-order valence-electron chi connectivity index (χ4n) is 1.30. The van der Waals surface area contributed by atoms with Crippen molar-refractivity contribution in [1.82, 2.24) is 0 Å². The maximum absolute atomic E-state index is 6.34. The third-order valence-electron chi connectivity index (χ3n) is 1.69. The zero-order valence-corrected chi connectivity index (χ0v) is 12.1. The van der Waals surface area contributed by atoms with Gasteiger partial charge >= 0.3 is 0 Å². The van der Waals surface area contributed by atoms with Crippen molar-refractivity contribution in [2.24, 2.45) is 0 Å². The third kappa shape index (κ3) is 7.65. The van der Waals surface area contributed by atoms with Crippen LogP contribution in [0.1, 0.15) is 19.8 Å². The summed E-state index contributed by atoms with van der Waals surface area (Å²) in [6.45, 7) is 7.35. The molecule has 0 nitrogen and oxygen atoms in total. The summed E-state index contributed by atoms with van der Waals surface area (Å²) < 4.78 is 0. The van der Waals surface area contributed by atoms with E-state index in [0.29, 0.717) is 0 Å². The molecule has 4 heteroatoms. The van der Waals surface area contributed by atoms with Crippen LogP contribution in [0, 0.1) is 0 Å². The zero-order valence-electron chi connectivity index (χ0n) is 8.58. The molecular formula is C8H20Cl2Si2. The Kier molecular flexibility index (Phi) is 5.46. The van der Waals surface area contributed by atoms with Crippen LogP contribution in [0.4, 0.5) is 0 Å². The smallest absolute Gasteiger partial charge is 0.146 e. The first-order valence-corrected chi connectivity index (χ1v) is 12.8. The number of hydrogen-bond acceptors (Lipinski definition) is 0. The number of halogens is 2. The topological polar surface area (TPSA) is 0 Å². The molecule has 0 saturated carbocycles. The fraction of sp³-hybridized carbons (Fsp3) is 1.00. The number of hydrogen-bond donors (Lipinski definition) is 0. The molecule has 0 aromatic rings. The number of unbranched alkanes of at least 4 members (excludes halogenated alkanes) is 1. The second-order valence-electron chi connectivity index (χ2n) is 4.70. The van der Waals surface area contributed by atoms with Crippen molar-refractivity contribution in [3.63, 3.8) is 0 Å². The van der Waals surface area contributed by atoms with E-state index < -0.39 is 14.8 Å². The minimum absolute atomic E-state index is 1.04. The molecule has 0 fully saturated rings. The van der Waals surface area contributed by atoms with Crippen molar-refractivity contribution in [3.05, 3.63) is 0 Å². The summed E-state index contributed by atoms with van der Waals surface area (Å²) in [6.07, 6.45) is 2.41. The molecule has 0 saturated heterocycles. The van der Waals surface area contributed by atoms with Gasteiger partial charge in [0.05, 0.1) is 0 Å². The molecular weight excluding hydrogens is 223 g/mol. The monoisotopic (exact) mass is 242 g/mol. The van der Waals surface area contributed by atoms with Crippen LogP contribution < -0.4 is 0 Å². The Morgan fingerprint density at radius 3 is 1.92 bits per heavy atom. The molecule has 0 aromatic heterocycles. The van der Waals surface area contributed by atoms with E-state index >= 15 is 0 Å². The van der Waals surface area contributed by atoms with E-state index in [0.717, 1.165) is 11.7 Å². The third-order valence-corrected chi connectivity index (χ3v) is 12.6. The Balaban J connectivity index is 3.86. The van der Waals surface area contributed by atoms with Gasteiger partial charge in [-0.15, -0.1) is 22.2 Å². The van der Waals surface area contributed by atoms with Gasteiger partial charge in [-0.05, 0) is 11.7 Å². The summed E-state index contributed by atoms with van der Waals surface area (Å²) in [6, 6.07) is 1.08. The van der Waals surface area contributed by atoms with Crippen molar-refractivity contribution in [2.45, 2.75) is 51.1 Å². The lowest BCUT2D eigenvalue weighted by atomic mass is 10.4. The summed E-state index contributed by atoms with van der Waals surface area (Å²) in [5.74, 6) is 0. The highest BCUT2D eigenvalue weighted by atomic mass is 35.7. The Labute approximate surface area is 88.1 Å². The van der Waals surface area contributed by atoms with E-state index in [1.165, 1.54) is 12.8 Å². The van der Waals surface area contributed by atoms with E-state index in [9.17, 15) is 0 Å². The summed E-state index contributed by atoms with van der Waals surface area (Å²) in [4.78, 5) is 0. The predicted molar refractivity (Wildman–Crippen MR) is 65.3 cm³/mol. The van der Waals surface area contributed by atoms with Crippen LogP contribution in [0.5, 0.6) is 0 Å². The van der Waals surface area contributed by atoms with Crippen LogP contribution in [0.3, 0.4) is 0 Å². The fourth-order valence-corrected chi connectivity index (χ4v) is 17.1. The largest absolute Gasteiger partial charge is 0.248 e. The van der Waals surface area contributed by atoms with Crippen molar-refractivity contribution >= 4 is 36.9 Å². The standard InChI is InChI=1S/C8H20Cl2Si2/c1-5-6-7-12(9,10)8-11(2,3)4/h5-8H2,1-4H3. The van der Waals surface area contributed by atoms with E-state index in [4.69, 9.17) is 22.2 Å². The lowest BCUT2D eigenvalue weighted by Crippen LogP contribution is -2.33. The van der Waals surface area contributed by atoms with Gasteiger partial charge in [-0.25, -0.2) is 0 Å². The van der Waals surface area contributed by atoms with E-state index in [2.05, 4.69) is 26.6 Å². The van der Waals surface area contributed by atoms with Crippen LogP contribution in [0.15, 0.2) is 0 Å². The van der Waals surface area contributed by atoms with Crippen LogP contribution in [0.2, 0.25) is 31.4 Å². The molecule has 0 aliphatic carbocycles. The molecule has 0 spiro atoms. The van der Waals surface area contributed by atoms with Crippen molar-refractivity contribution < 1.29 is 0 Å². The highest BCUT2D eigenvalue weighted by Gasteiger charge is 2.33. The SMILES string of the molecule is CCCC[Si](Cl)(Cl)C[Si](C)(C)C. The molecule has 0 aromatic carbocycles. The predicted octanol–water partition coefficient (Wildman–Crippen LogP) is 4.58. The zero-order chi connectivity index (χ0) is 9.83. The van der Waals surface area contributed by atoms with Crippen molar-refractivity contribution in [1.29, 1.82) is 0 Å². The van der Waals surface area contributed by atoms with Gasteiger partial charge in [0.15, 0.2) is 0 Å². The van der Waals surface area contributed by atoms with Gasteiger partial charge in [0.1, 0.15) is 0 Å². The average molecular weight is 243 g/mol. The molecule has 0 N–H and O–H groups in total. The molecule has 74 valence electrons. The second kappa shape index (κ2) is 5.03. The van der Waals surface area contributed by atoms with Crippen LogP contribution >= 0.6 is 22.2 Å². The molecule has 0 radical (unpaired) electrons. The first kappa shape index (κ1) is 13.0. The Morgan fingerprint density at radius 2 is 1.58 bits per heavy atom. The van der Waals surface area contributed by atoms with Gasteiger partial charge in [-0.3, -0.25) is 0 Å². The molecule has 0 rings (SSSR count). The number of rotatable bonds is 5. The Hall–Kier alpha value is 1.01. The highest BCUT2D eigenvalue weighted by Crippen LogP contribution is 2.32. The lowest BCUT2D eigenvalue weighted by Gasteiger charge is -2.24. The normalized spacial score (nSPS) is 13.5. The van der Waals surface area contributed by atoms with Gasteiger partial charge in [0.2, 0.25) is 6.69 Å². The summed E-state index contributed by atoms with van der Waals surface area (Å²) >= 11 is 12.7. The summed E-state index contributed by atoms with van der Waals surface area (Å²) in [5, 5.41) is 0. The molecule has 0 heterocycles. The Bertz CT molecular complexity index is 130. The molecule has 0 aliphatic rings. The maximum Gasteiger partial charge on any atom is 0.248 e. The molecule has 0 amide bonds. The minimum Gasteiger partial charge on any atom is -0.146 e. The first-order chi connectivity index (χ1) is 5.27. The van der Waals surface area contributed by atoms with E-state index in [1.54, 1.807) is 0 Å². The van der Waals surface area contributed by atoms with Crippen molar-refractivity contribution in [3.8, 4) is 0 Å². The molecule has 0 aliphatic heterocycles. The van der Waals surface area contributed by atoms with E-state index in [-0.39, 0.29) is 0 Å². The van der Waals surface area contributed by atoms with Crippen LogP contribution in [-0.4, -0.2) is 14.8 Å². The molecule has 0 unspecified atom stereocenters. The Morgan fingerprint density at radius 1 is 1.08 bits per heavy atom. The van der Waals surface area contributed by atoms with E-state index in [1.807, 2.05) is 0 Å². The lowest BCUT2D eigenvalue weighted by molar-refractivity contribution is 0.875. The van der Waals surface area contributed by atoms with Gasteiger partial charge < -0.3 is 0 Å². The van der Waals surface area contributed by atoms with Crippen LogP contribution in [0.25, 0.3) is 0 Å². The quantitative estimate of drug-likeness (QED) is 0.489. The minimum atomic E-state index is -1.85. The molecule has 0 bridgehead atoms. The van der Waals surface area contributed by atoms with Gasteiger partial charge in [0.25, 0.3) is 0 Å². The van der Waals surface area contributed by atoms with Crippen LogP contribution in [-0.2, 0) is 0 Å². The van der Waals surface area contributed by atoms with Gasteiger partial charge in [-0.2, -0.15) is 0 Å². The van der Waals surface area contributed by atoms with Gasteiger partial charge in [-0.1, -0.05) is 39.4 Å². The first-order valence-electron chi connectivity index (χ1n) is 4.65. The summed E-state index contributed by atoms with van der Waals surface area (Å²) in [5.41, 5.74) is 1.14. The maximum atomic E-state index is 6.34. The average Bonchev–Trinajstić information content (AvgIpc) is 1.78. The second-order valence-corrected chi connectivity index (χ2v) is 18.4. The molecule has 0 atom stereocenters.